The number of methoxy groups -OCH3 is 1. The molecule has 0 unspecified atom stereocenters. The number of hydrogen-bond donors (Lipinski definition) is 1. The fraction of sp³-hybridized carbons (Fsp3) is 0.100. The second kappa shape index (κ2) is 8.50. The Kier molecular flexibility index (Phi) is 6.06. The molecule has 0 atom stereocenters. The molecule has 144 valence electrons. The van der Waals surface area contributed by atoms with Gasteiger partial charge in [-0.1, -0.05) is 40.2 Å². The molecule has 1 fully saturated rings. The number of amides is 2. The van der Waals surface area contributed by atoms with Crippen molar-refractivity contribution in [3.05, 3.63) is 69.7 Å². The van der Waals surface area contributed by atoms with Gasteiger partial charge in [0.05, 0.1) is 17.8 Å². The van der Waals surface area contributed by atoms with Gasteiger partial charge in [-0.25, -0.2) is 5.01 Å². The van der Waals surface area contributed by atoms with E-state index in [2.05, 4.69) is 27.9 Å². The minimum atomic E-state index is -0.505. The van der Waals surface area contributed by atoms with Gasteiger partial charge in [-0.05, 0) is 48.0 Å². The first-order valence-electron chi connectivity index (χ1n) is 8.18. The Morgan fingerprint density at radius 1 is 1.25 bits per heavy atom. The molecule has 28 heavy (non-hydrogen) atoms. The van der Waals surface area contributed by atoms with Crippen LogP contribution in [0.5, 0.6) is 11.5 Å². The summed E-state index contributed by atoms with van der Waals surface area (Å²) in [6, 6.07) is 10.2. The number of halogens is 2. The van der Waals surface area contributed by atoms with E-state index in [4.69, 9.17) is 21.1 Å². The number of rotatable bonds is 6. The molecular formula is C20H16BrClN2O4. The number of anilines is 1. The largest absolute Gasteiger partial charge is 0.493 e. The standard InChI is InChI=1S/C20H16BrClN2O4/c1-3-8-28-18-16(22)10-12(11-17(18)27-2)9-15-19(25)23-24(20(15)26)14-6-4-13(21)5-7-14/h3-7,9-11H,1,8H2,2H3,(H,23,25)/b15-9-. The monoisotopic (exact) mass is 462 g/mol. The Morgan fingerprint density at radius 2 is 1.96 bits per heavy atom. The van der Waals surface area contributed by atoms with Crippen LogP contribution in [0.1, 0.15) is 5.56 Å². The van der Waals surface area contributed by atoms with E-state index in [9.17, 15) is 9.59 Å². The molecule has 2 aromatic rings. The normalized spacial score (nSPS) is 15.0. The molecule has 0 bridgehead atoms. The van der Waals surface area contributed by atoms with Crippen LogP contribution in [0.3, 0.4) is 0 Å². The van der Waals surface area contributed by atoms with Crippen LogP contribution in [0, 0.1) is 0 Å². The zero-order valence-corrected chi connectivity index (χ0v) is 17.2. The van der Waals surface area contributed by atoms with E-state index >= 15 is 0 Å². The van der Waals surface area contributed by atoms with Gasteiger partial charge in [0.2, 0.25) is 0 Å². The summed E-state index contributed by atoms with van der Waals surface area (Å²) >= 11 is 9.61. The lowest BCUT2D eigenvalue weighted by atomic mass is 10.1. The van der Waals surface area contributed by atoms with Gasteiger partial charge in [0.25, 0.3) is 11.8 Å². The van der Waals surface area contributed by atoms with Crippen LogP contribution in [0.2, 0.25) is 5.02 Å². The lowest BCUT2D eigenvalue weighted by Gasteiger charge is -2.14. The van der Waals surface area contributed by atoms with Crippen LogP contribution in [0.25, 0.3) is 6.08 Å². The minimum absolute atomic E-state index is 0.0131. The zero-order valence-electron chi connectivity index (χ0n) is 14.9. The van der Waals surface area contributed by atoms with Gasteiger partial charge in [0.15, 0.2) is 11.5 Å². The summed E-state index contributed by atoms with van der Waals surface area (Å²) in [6.45, 7) is 3.86. The third-order valence-corrected chi connectivity index (χ3v) is 4.69. The number of carbonyl (C=O) groups excluding carboxylic acids is 2. The SMILES string of the molecule is C=CCOc1c(Cl)cc(/C=C2/C(=O)NN(c3ccc(Br)cc3)C2=O)cc1OC. The predicted molar refractivity (Wildman–Crippen MR) is 111 cm³/mol. The molecule has 0 aliphatic carbocycles. The smallest absolute Gasteiger partial charge is 0.282 e. The van der Waals surface area contributed by atoms with E-state index in [-0.39, 0.29) is 12.2 Å². The number of ether oxygens (including phenoxy) is 2. The maximum atomic E-state index is 12.7. The topological polar surface area (TPSA) is 67.9 Å². The summed E-state index contributed by atoms with van der Waals surface area (Å²) in [5, 5.41) is 1.49. The molecule has 8 heteroatoms. The van der Waals surface area contributed by atoms with Crippen molar-refractivity contribution in [2.45, 2.75) is 0 Å². The van der Waals surface area contributed by atoms with Crippen LogP contribution < -0.4 is 19.9 Å². The van der Waals surface area contributed by atoms with Gasteiger partial charge >= 0.3 is 0 Å². The van der Waals surface area contributed by atoms with Crippen molar-refractivity contribution < 1.29 is 19.1 Å². The average Bonchev–Trinajstić information content (AvgIpc) is 2.95. The molecule has 0 radical (unpaired) electrons. The van der Waals surface area contributed by atoms with Crippen molar-refractivity contribution in [1.82, 2.24) is 5.43 Å². The first kappa shape index (κ1) is 20.0. The van der Waals surface area contributed by atoms with Crippen molar-refractivity contribution >= 4 is 51.1 Å². The molecule has 1 heterocycles. The summed E-state index contributed by atoms with van der Waals surface area (Å²) in [6.07, 6.45) is 3.05. The molecule has 0 spiro atoms. The van der Waals surface area contributed by atoms with Crippen molar-refractivity contribution in [3.8, 4) is 11.5 Å². The highest BCUT2D eigenvalue weighted by molar-refractivity contribution is 9.10. The summed E-state index contributed by atoms with van der Waals surface area (Å²) in [7, 11) is 1.48. The van der Waals surface area contributed by atoms with E-state index in [1.165, 1.54) is 18.2 Å². The van der Waals surface area contributed by atoms with Crippen molar-refractivity contribution in [2.24, 2.45) is 0 Å². The molecule has 1 N–H and O–H groups in total. The third kappa shape index (κ3) is 4.05. The molecule has 1 saturated heterocycles. The second-order valence-corrected chi connectivity index (χ2v) is 7.07. The second-order valence-electron chi connectivity index (χ2n) is 5.75. The van der Waals surface area contributed by atoms with Crippen LogP contribution in [0.4, 0.5) is 5.69 Å². The Morgan fingerprint density at radius 3 is 2.61 bits per heavy atom. The highest BCUT2D eigenvalue weighted by Crippen LogP contribution is 2.37. The van der Waals surface area contributed by atoms with Crippen molar-refractivity contribution in [1.29, 1.82) is 0 Å². The van der Waals surface area contributed by atoms with E-state index in [1.54, 1.807) is 42.5 Å². The molecule has 2 amide bonds. The Hall–Kier alpha value is -2.77. The van der Waals surface area contributed by atoms with E-state index in [1.807, 2.05) is 0 Å². The lowest BCUT2D eigenvalue weighted by Crippen LogP contribution is -2.35. The molecule has 6 nitrogen and oxygen atoms in total. The maximum absolute atomic E-state index is 12.7. The van der Waals surface area contributed by atoms with Crippen LogP contribution in [0.15, 0.2) is 59.1 Å². The number of hydrazine groups is 1. The third-order valence-electron chi connectivity index (χ3n) is 3.88. The van der Waals surface area contributed by atoms with Gasteiger partial charge in [-0.2, -0.15) is 0 Å². The molecule has 1 aliphatic rings. The predicted octanol–water partition coefficient (Wildman–Crippen LogP) is 4.14. The van der Waals surface area contributed by atoms with Crippen LogP contribution in [-0.4, -0.2) is 25.5 Å². The summed E-state index contributed by atoms with van der Waals surface area (Å²) in [5.74, 6) is -0.217. The fourth-order valence-electron chi connectivity index (χ4n) is 2.60. The molecule has 3 rings (SSSR count). The minimum Gasteiger partial charge on any atom is -0.493 e. The van der Waals surface area contributed by atoms with Crippen LogP contribution in [-0.2, 0) is 9.59 Å². The van der Waals surface area contributed by atoms with E-state index in [0.717, 1.165) is 4.47 Å². The van der Waals surface area contributed by atoms with Crippen molar-refractivity contribution in [2.75, 3.05) is 18.7 Å². The highest BCUT2D eigenvalue weighted by atomic mass is 79.9. The summed E-state index contributed by atoms with van der Waals surface area (Å²) in [4.78, 5) is 25.1. The Balaban J connectivity index is 1.93. The Bertz CT molecular complexity index is 973. The summed E-state index contributed by atoms with van der Waals surface area (Å²) < 4.78 is 11.7. The maximum Gasteiger partial charge on any atom is 0.282 e. The van der Waals surface area contributed by atoms with Gasteiger partial charge in [0, 0.05) is 4.47 Å². The first-order chi connectivity index (χ1) is 13.4. The average molecular weight is 464 g/mol. The van der Waals surface area contributed by atoms with E-state index < -0.39 is 11.8 Å². The van der Waals surface area contributed by atoms with Crippen LogP contribution >= 0.6 is 27.5 Å². The van der Waals surface area contributed by atoms with Gasteiger partial charge in [0.1, 0.15) is 12.2 Å². The number of carbonyl (C=O) groups is 2. The molecule has 0 aromatic heterocycles. The lowest BCUT2D eigenvalue weighted by molar-refractivity contribution is -0.117. The van der Waals surface area contributed by atoms with E-state index in [0.29, 0.717) is 27.8 Å². The first-order valence-corrected chi connectivity index (χ1v) is 9.35. The number of nitrogens with one attached hydrogen (secondary N) is 1. The molecule has 0 saturated carbocycles. The molecule has 2 aromatic carbocycles. The fourth-order valence-corrected chi connectivity index (χ4v) is 3.14. The van der Waals surface area contributed by atoms with Gasteiger partial charge < -0.3 is 9.47 Å². The molecule has 1 aliphatic heterocycles. The van der Waals surface area contributed by atoms with Gasteiger partial charge in [-0.3, -0.25) is 15.0 Å². The number of benzene rings is 2. The highest BCUT2D eigenvalue weighted by Gasteiger charge is 2.34. The summed E-state index contributed by atoms with van der Waals surface area (Å²) in [5.41, 5.74) is 3.62. The van der Waals surface area contributed by atoms with Gasteiger partial charge in [-0.15, -0.1) is 0 Å². The Labute approximate surface area is 175 Å². The number of nitrogens with zero attached hydrogens (tertiary/aromatic N) is 1. The quantitative estimate of drug-likeness (QED) is 0.397. The number of hydrogen-bond acceptors (Lipinski definition) is 4. The molecular weight excluding hydrogens is 448 g/mol. The van der Waals surface area contributed by atoms with Crippen molar-refractivity contribution in [3.63, 3.8) is 0 Å². The zero-order chi connectivity index (χ0) is 20.3.